The van der Waals surface area contributed by atoms with Crippen molar-refractivity contribution in [2.75, 3.05) is 5.32 Å². The minimum atomic E-state index is -3.22. The molecule has 2 aliphatic carbocycles. The summed E-state index contributed by atoms with van der Waals surface area (Å²) in [6.07, 6.45) is 2.51. The number of nitrogens with zero attached hydrogens (tertiary/aromatic N) is 2. The zero-order chi connectivity index (χ0) is 26.9. The molecule has 1 heterocycles. The molecule has 0 aliphatic heterocycles. The van der Waals surface area contributed by atoms with Crippen LogP contribution in [0, 0.1) is 5.41 Å². The van der Waals surface area contributed by atoms with Gasteiger partial charge in [0.25, 0.3) is 11.8 Å². The van der Waals surface area contributed by atoms with E-state index in [1.54, 1.807) is 27.8 Å². The molecule has 10 nitrogen and oxygen atoms in total. The maximum absolute atomic E-state index is 14.0. The predicted octanol–water partition coefficient (Wildman–Crippen LogP) is 3.08. The number of aromatic nitrogens is 2. The molecule has 200 valence electrons. The van der Waals surface area contributed by atoms with Crippen LogP contribution in [-0.2, 0) is 26.2 Å². The van der Waals surface area contributed by atoms with E-state index < -0.39 is 59.6 Å². The first kappa shape index (κ1) is 27.5. The van der Waals surface area contributed by atoms with E-state index in [0.29, 0.717) is 0 Å². The van der Waals surface area contributed by atoms with Crippen molar-refractivity contribution in [1.82, 2.24) is 20.4 Å². The molecule has 1 aromatic heterocycles. The number of anilines is 1. The molecule has 3 N–H and O–H groups in total. The molecule has 2 saturated carbocycles. The molecule has 0 saturated heterocycles. The monoisotopic (exact) mass is 511 g/mol. The molecule has 1 aromatic rings. The van der Waals surface area contributed by atoms with Crippen LogP contribution in [0.3, 0.4) is 0 Å². The van der Waals surface area contributed by atoms with Crippen molar-refractivity contribution in [2.24, 2.45) is 12.5 Å². The van der Waals surface area contributed by atoms with Gasteiger partial charge in [0, 0.05) is 32.2 Å². The van der Waals surface area contributed by atoms with E-state index in [0.717, 1.165) is 25.7 Å². The highest BCUT2D eigenvalue weighted by Crippen LogP contribution is 2.47. The Hall–Kier alpha value is -3.05. The van der Waals surface area contributed by atoms with Gasteiger partial charge in [-0.25, -0.2) is 13.6 Å². The van der Waals surface area contributed by atoms with Gasteiger partial charge in [0.1, 0.15) is 17.2 Å². The van der Waals surface area contributed by atoms with Crippen LogP contribution >= 0.6 is 0 Å². The second-order valence-corrected chi connectivity index (χ2v) is 11.4. The zero-order valence-corrected chi connectivity index (χ0v) is 21.4. The molecule has 3 amide bonds. The second kappa shape index (κ2) is 9.78. The molecule has 0 bridgehead atoms. The Labute approximate surface area is 208 Å². The number of carbonyl (C=O) groups excluding carboxylic acids is 4. The number of ether oxygens (including phenoxy) is 1. The van der Waals surface area contributed by atoms with Crippen molar-refractivity contribution in [3.63, 3.8) is 0 Å². The number of alkyl halides is 2. The molecule has 1 unspecified atom stereocenters. The van der Waals surface area contributed by atoms with Gasteiger partial charge in [0.05, 0.1) is 0 Å². The van der Waals surface area contributed by atoms with Crippen molar-refractivity contribution < 1.29 is 32.7 Å². The van der Waals surface area contributed by atoms with Gasteiger partial charge in [0.15, 0.2) is 5.82 Å². The lowest BCUT2D eigenvalue weighted by atomic mass is 9.69. The van der Waals surface area contributed by atoms with E-state index in [4.69, 9.17) is 4.74 Å². The van der Waals surface area contributed by atoms with Crippen molar-refractivity contribution in [3.8, 4) is 0 Å². The van der Waals surface area contributed by atoms with E-state index in [-0.39, 0.29) is 17.7 Å². The van der Waals surface area contributed by atoms with Gasteiger partial charge in [-0.2, -0.15) is 5.10 Å². The lowest BCUT2D eigenvalue weighted by Gasteiger charge is -2.46. The second-order valence-electron chi connectivity index (χ2n) is 11.4. The number of rotatable bonds is 8. The lowest BCUT2D eigenvalue weighted by Crippen LogP contribution is -2.70. The first-order valence-corrected chi connectivity index (χ1v) is 12.1. The number of ketones is 1. The van der Waals surface area contributed by atoms with Crippen LogP contribution < -0.4 is 16.0 Å². The third-order valence-electron chi connectivity index (χ3n) is 6.59. The third-order valence-corrected chi connectivity index (χ3v) is 6.59. The third kappa shape index (κ3) is 6.79. The van der Waals surface area contributed by atoms with E-state index in [1.807, 2.05) is 6.92 Å². The summed E-state index contributed by atoms with van der Waals surface area (Å²) in [6, 6.07) is 0.301. The maximum atomic E-state index is 14.0. The standard InChI is InChI=1S/C24H35F2N5O5/c1-21(2,3)36-20(35)27-15(12-22(4)9-6-7-10-22)18(33)29-23(13-24(25,26)14-23)17(32)19(34)28-16-8-11-31(5)30-16/h8,11,15H,6-7,9-10,12-14H2,1-5H3,(H,27,35)(H,29,33)(H,28,30,34). The first-order chi connectivity index (χ1) is 16.5. The van der Waals surface area contributed by atoms with Crippen LogP contribution in [0.4, 0.5) is 19.4 Å². The largest absolute Gasteiger partial charge is 0.444 e. The van der Waals surface area contributed by atoms with Crippen molar-refractivity contribution >= 4 is 29.5 Å². The summed E-state index contributed by atoms with van der Waals surface area (Å²) in [5.41, 5.74) is -3.17. The van der Waals surface area contributed by atoms with Gasteiger partial charge in [-0.05, 0) is 45.4 Å². The van der Waals surface area contributed by atoms with Gasteiger partial charge in [-0.15, -0.1) is 0 Å². The van der Waals surface area contributed by atoms with Crippen LogP contribution in [0.1, 0.15) is 72.6 Å². The van der Waals surface area contributed by atoms with Crippen LogP contribution in [0.5, 0.6) is 0 Å². The minimum Gasteiger partial charge on any atom is -0.444 e. The number of halogens is 2. The van der Waals surface area contributed by atoms with Crippen LogP contribution in [0.25, 0.3) is 0 Å². The summed E-state index contributed by atoms with van der Waals surface area (Å²) in [5, 5.41) is 11.2. The number of hydrogen-bond acceptors (Lipinski definition) is 6. The normalized spacial score (nSPS) is 20.5. The average Bonchev–Trinajstić information content (AvgIpc) is 3.31. The summed E-state index contributed by atoms with van der Waals surface area (Å²) in [7, 11) is 1.61. The molecule has 0 radical (unpaired) electrons. The van der Waals surface area contributed by atoms with Crippen molar-refractivity contribution in [1.29, 1.82) is 0 Å². The fourth-order valence-electron chi connectivity index (χ4n) is 4.92. The number of aryl methyl sites for hydroxylation is 1. The number of alkyl carbamates (subject to hydrolysis) is 1. The number of amides is 3. The summed E-state index contributed by atoms with van der Waals surface area (Å²) in [4.78, 5) is 51.4. The van der Waals surface area contributed by atoms with Gasteiger partial charge in [-0.3, -0.25) is 19.1 Å². The van der Waals surface area contributed by atoms with Crippen LogP contribution in [0.2, 0.25) is 0 Å². The number of carbonyl (C=O) groups is 4. The molecule has 12 heteroatoms. The lowest BCUT2D eigenvalue weighted by molar-refractivity contribution is -0.167. The van der Waals surface area contributed by atoms with E-state index >= 15 is 0 Å². The van der Waals surface area contributed by atoms with Crippen molar-refractivity contribution in [3.05, 3.63) is 12.3 Å². The number of Topliss-reactive ketones (excluding diaryl/α,β-unsaturated/α-hetero) is 1. The summed E-state index contributed by atoms with van der Waals surface area (Å²) < 4.78 is 34.6. The molecule has 3 rings (SSSR count). The molecule has 2 aliphatic rings. The number of hydrogen-bond donors (Lipinski definition) is 3. The van der Waals surface area contributed by atoms with Gasteiger partial charge >= 0.3 is 6.09 Å². The highest BCUT2D eigenvalue weighted by Gasteiger charge is 2.63. The van der Waals surface area contributed by atoms with Gasteiger partial charge < -0.3 is 20.7 Å². The van der Waals surface area contributed by atoms with E-state index in [1.165, 1.54) is 16.9 Å². The Morgan fingerprint density at radius 2 is 1.78 bits per heavy atom. The summed E-state index contributed by atoms with van der Waals surface area (Å²) in [5.74, 6) is -6.33. The zero-order valence-electron chi connectivity index (χ0n) is 21.4. The summed E-state index contributed by atoms with van der Waals surface area (Å²) >= 11 is 0. The Morgan fingerprint density at radius 1 is 1.17 bits per heavy atom. The Bertz CT molecular complexity index is 1020. The quantitative estimate of drug-likeness (QED) is 0.460. The van der Waals surface area contributed by atoms with Crippen molar-refractivity contribution in [2.45, 2.75) is 95.7 Å². The number of nitrogens with one attached hydrogen (secondary N) is 3. The molecule has 0 spiro atoms. The predicted molar refractivity (Wildman–Crippen MR) is 126 cm³/mol. The Kier molecular flexibility index (Phi) is 7.48. The molecular weight excluding hydrogens is 476 g/mol. The maximum Gasteiger partial charge on any atom is 0.408 e. The Balaban J connectivity index is 1.79. The first-order valence-electron chi connectivity index (χ1n) is 12.1. The highest BCUT2D eigenvalue weighted by molar-refractivity contribution is 6.44. The SMILES string of the molecule is Cn1ccc(NC(=O)C(=O)C2(NC(=O)C(CC3(C)CCCC3)NC(=O)OC(C)(C)C)CC(F)(F)C2)n1. The average molecular weight is 512 g/mol. The Morgan fingerprint density at radius 3 is 2.28 bits per heavy atom. The van der Waals surface area contributed by atoms with Gasteiger partial charge in [0.2, 0.25) is 11.7 Å². The van der Waals surface area contributed by atoms with Crippen LogP contribution in [0.15, 0.2) is 12.3 Å². The van der Waals surface area contributed by atoms with E-state index in [9.17, 15) is 28.0 Å². The minimum absolute atomic E-state index is 0.0713. The molecule has 1 atom stereocenters. The van der Waals surface area contributed by atoms with Gasteiger partial charge in [-0.1, -0.05) is 19.8 Å². The molecule has 2 fully saturated rings. The van der Waals surface area contributed by atoms with Crippen LogP contribution in [-0.4, -0.2) is 56.6 Å². The molecular formula is C24H35F2N5O5. The fraction of sp³-hybridized carbons (Fsp3) is 0.708. The molecule has 36 heavy (non-hydrogen) atoms. The fourth-order valence-corrected chi connectivity index (χ4v) is 4.92. The topological polar surface area (TPSA) is 131 Å². The highest BCUT2D eigenvalue weighted by atomic mass is 19.3. The summed E-state index contributed by atoms with van der Waals surface area (Å²) in [6.45, 7) is 7.01. The smallest absolute Gasteiger partial charge is 0.408 e. The molecule has 0 aromatic carbocycles. The van der Waals surface area contributed by atoms with E-state index in [2.05, 4.69) is 21.0 Å².